The molecule has 0 aliphatic heterocycles. The average Bonchev–Trinajstić information content (AvgIpc) is 3.20. The van der Waals surface area contributed by atoms with E-state index in [2.05, 4.69) is 15.6 Å². The van der Waals surface area contributed by atoms with Gasteiger partial charge < -0.3 is 15.0 Å². The third kappa shape index (κ3) is 3.67. The Morgan fingerprint density at radius 1 is 1.35 bits per heavy atom. The maximum atomic E-state index is 12.6. The summed E-state index contributed by atoms with van der Waals surface area (Å²) in [7, 11) is 0. The second-order valence-electron chi connectivity index (χ2n) is 5.83. The van der Waals surface area contributed by atoms with Crippen molar-refractivity contribution in [3.8, 4) is 11.3 Å². The van der Waals surface area contributed by atoms with Crippen molar-refractivity contribution in [2.24, 2.45) is 5.16 Å². The van der Waals surface area contributed by atoms with Crippen LogP contribution in [-0.2, 0) is 6.18 Å². The zero-order valence-corrected chi connectivity index (χ0v) is 13.9. The van der Waals surface area contributed by atoms with Gasteiger partial charge in [-0.3, -0.25) is 4.79 Å². The van der Waals surface area contributed by atoms with Crippen molar-refractivity contribution >= 4 is 23.2 Å². The number of aromatic nitrogens is 1. The molecule has 2 N–H and O–H groups in total. The lowest BCUT2D eigenvalue weighted by molar-refractivity contribution is -0.137. The van der Waals surface area contributed by atoms with Gasteiger partial charge in [0.15, 0.2) is 11.5 Å². The molecule has 0 bridgehead atoms. The average molecular weight is 388 g/mol. The molecule has 1 fully saturated rings. The summed E-state index contributed by atoms with van der Waals surface area (Å²) in [5.41, 5.74) is -0.106. The molecule has 1 heterocycles. The van der Waals surface area contributed by atoms with Crippen LogP contribution >= 0.6 is 11.6 Å². The first-order chi connectivity index (χ1) is 12.3. The third-order valence-electron chi connectivity index (χ3n) is 4.07. The predicted octanol–water partition coefficient (Wildman–Crippen LogP) is 4.13. The molecule has 10 heteroatoms. The van der Waals surface area contributed by atoms with Gasteiger partial charge in [-0.15, -0.1) is 0 Å². The first-order valence-corrected chi connectivity index (χ1v) is 8.01. The van der Waals surface area contributed by atoms with Crippen LogP contribution in [-0.4, -0.2) is 28.0 Å². The summed E-state index contributed by atoms with van der Waals surface area (Å²) in [6.07, 6.45) is -2.84. The summed E-state index contributed by atoms with van der Waals surface area (Å²) in [5.74, 6) is -0.560. The number of rotatable bonds is 3. The van der Waals surface area contributed by atoms with E-state index in [1.54, 1.807) is 0 Å². The molecule has 2 aromatic rings. The van der Waals surface area contributed by atoms with Crippen molar-refractivity contribution in [1.82, 2.24) is 10.5 Å². The van der Waals surface area contributed by atoms with E-state index in [1.807, 2.05) is 0 Å². The molecular formula is C16H13ClF3N3O3. The molecule has 138 valence electrons. The molecule has 6 nitrogen and oxygen atoms in total. The molecule has 1 aliphatic rings. The molecule has 0 spiro atoms. The van der Waals surface area contributed by atoms with E-state index in [0.29, 0.717) is 25.0 Å². The second kappa shape index (κ2) is 6.99. The van der Waals surface area contributed by atoms with Crippen LogP contribution in [0.5, 0.6) is 0 Å². The van der Waals surface area contributed by atoms with Crippen molar-refractivity contribution in [2.75, 3.05) is 0 Å². The molecule has 1 amide bonds. The number of amides is 1. The van der Waals surface area contributed by atoms with Gasteiger partial charge in [0.2, 0.25) is 0 Å². The molecule has 1 aromatic carbocycles. The molecule has 1 aromatic heterocycles. The summed E-state index contributed by atoms with van der Waals surface area (Å²) in [5, 5.41) is 18.1. The van der Waals surface area contributed by atoms with E-state index in [9.17, 15) is 18.0 Å². The summed E-state index contributed by atoms with van der Waals surface area (Å²) in [6, 6.07) is 3.95. The van der Waals surface area contributed by atoms with Gasteiger partial charge >= 0.3 is 6.18 Å². The van der Waals surface area contributed by atoms with Crippen LogP contribution < -0.4 is 5.32 Å². The molecule has 0 radical (unpaired) electrons. The van der Waals surface area contributed by atoms with E-state index < -0.39 is 17.6 Å². The van der Waals surface area contributed by atoms with Crippen molar-refractivity contribution < 1.29 is 27.7 Å². The summed E-state index contributed by atoms with van der Waals surface area (Å²) in [4.78, 5) is 12.3. The zero-order chi connectivity index (χ0) is 18.9. The number of carbonyl (C=O) groups excluding carboxylic acids is 1. The predicted molar refractivity (Wildman–Crippen MR) is 86.3 cm³/mol. The fourth-order valence-corrected chi connectivity index (χ4v) is 2.97. The largest absolute Gasteiger partial charge is 0.416 e. The van der Waals surface area contributed by atoms with Crippen molar-refractivity contribution in [3.63, 3.8) is 0 Å². The SMILES string of the molecule is O=C(N[C@@H]1CC/C(=N/O)C1)c1noc(-c2ccc(C(F)(F)F)cc2)c1Cl. The molecule has 26 heavy (non-hydrogen) atoms. The highest BCUT2D eigenvalue weighted by molar-refractivity contribution is 6.35. The number of halogens is 4. The number of nitrogens with zero attached hydrogens (tertiary/aromatic N) is 2. The van der Waals surface area contributed by atoms with Gasteiger partial charge in [-0.2, -0.15) is 13.2 Å². The molecule has 1 saturated carbocycles. The van der Waals surface area contributed by atoms with Crippen molar-refractivity contribution in [1.29, 1.82) is 0 Å². The first-order valence-electron chi connectivity index (χ1n) is 7.63. The molecular weight excluding hydrogens is 375 g/mol. The highest BCUT2D eigenvalue weighted by Crippen LogP contribution is 2.34. The highest BCUT2D eigenvalue weighted by atomic mass is 35.5. The monoisotopic (exact) mass is 387 g/mol. The van der Waals surface area contributed by atoms with Crippen molar-refractivity contribution in [3.05, 3.63) is 40.5 Å². The van der Waals surface area contributed by atoms with E-state index >= 15 is 0 Å². The van der Waals surface area contributed by atoms with Crippen LogP contribution in [0.3, 0.4) is 0 Å². The number of hydrogen-bond acceptors (Lipinski definition) is 5. The topological polar surface area (TPSA) is 87.7 Å². The van der Waals surface area contributed by atoms with Crippen LogP contribution in [0, 0.1) is 0 Å². The van der Waals surface area contributed by atoms with Gasteiger partial charge in [-0.1, -0.05) is 34.0 Å². The minimum atomic E-state index is -4.45. The summed E-state index contributed by atoms with van der Waals surface area (Å²) >= 11 is 6.12. The van der Waals surface area contributed by atoms with Crippen LogP contribution in [0.15, 0.2) is 33.9 Å². The Hall–Kier alpha value is -2.55. The van der Waals surface area contributed by atoms with Gasteiger partial charge in [0.25, 0.3) is 5.91 Å². The maximum absolute atomic E-state index is 12.6. The number of nitrogens with one attached hydrogen (secondary N) is 1. The van der Waals surface area contributed by atoms with E-state index in [1.165, 1.54) is 12.1 Å². The fraction of sp³-hybridized carbons (Fsp3) is 0.312. The normalized spacial score (nSPS) is 19.1. The van der Waals surface area contributed by atoms with E-state index in [4.69, 9.17) is 21.3 Å². The number of alkyl halides is 3. The zero-order valence-electron chi connectivity index (χ0n) is 13.2. The third-order valence-corrected chi connectivity index (χ3v) is 4.42. The lowest BCUT2D eigenvalue weighted by Crippen LogP contribution is -2.33. The fourth-order valence-electron chi connectivity index (χ4n) is 2.71. The van der Waals surface area contributed by atoms with E-state index in [-0.39, 0.29) is 28.1 Å². The Labute approximate surface area is 150 Å². The van der Waals surface area contributed by atoms with E-state index in [0.717, 1.165) is 12.1 Å². The molecule has 0 unspecified atom stereocenters. The number of carbonyl (C=O) groups is 1. The van der Waals surface area contributed by atoms with Gasteiger partial charge in [0, 0.05) is 18.0 Å². The lowest BCUT2D eigenvalue weighted by atomic mass is 10.1. The molecule has 0 saturated heterocycles. The Bertz CT molecular complexity index is 847. The number of oxime groups is 1. The van der Waals surface area contributed by atoms with Gasteiger partial charge in [-0.05, 0) is 25.0 Å². The minimum absolute atomic E-state index is 0.00886. The van der Waals surface area contributed by atoms with Gasteiger partial charge in [-0.25, -0.2) is 0 Å². The highest BCUT2D eigenvalue weighted by Gasteiger charge is 2.31. The summed E-state index contributed by atoms with van der Waals surface area (Å²) in [6.45, 7) is 0. The number of hydrogen-bond donors (Lipinski definition) is 2. The van der Waals surface area contributed by atoms with Crippen LogP contribution in [0.1, 0.15) is 35.3 Å². The van der Waals surface area contributed by atoms with Crippen LogP contribution in [0.4, 0.5) is 13.2 Å². The Balaban J connectivity index is 1.76. The van der Waals surface area contributed by atoms with Crippen LogP contribution in [0.25, 0.3) is 11.3 Å². The first kappa shape index (κ1) is 18.2. The maximum Gasteiger partial charge on any atom is 0.416 e. The molecule has 3 rings (SSSR count). The molecule has 1 atom stereocenters. The Morgan fingerprint density at radius 3 is 2.62 bits per heavy atom. The standard InChI is InChI=1S/C16H13ClF3N3O3/c17-12-13(15(24)21-10-5-6-11(7-10)22-25)23-26-14(12)8-1-3-9(4-2-8)16(18,19)20/h1-4,10,25H,5-7H2,(H,21,24)/b22-11-/t10-/m1/s1. The van der Waals surface area contributed by atoms with Gasteiger partial charge in [0.05, 0.1) is 11.3 Å². The molecule has 1 aliphatic carbocycles. The minimum Gasteiger partial charge on any atom is -0.411 e. The smallest absolute Gasteiger partial charge is 0.411 e. The Kier molecular flexibility index (Phi) is 4.90. The number of benzene rings is 1. The lowest BCUT2D eigenvalue weighted by Gasteiger charge is -2.09. The quantitative estimate of drug-likeness (QED) is 0.612. The second-order valence-corrected chi connectivity index (χ2v) is 6.21. The van der Waals surface area contributed by atoms with Gasteiger partial charge in [0.1, 0.15) is 5.02 Å². The van der Waals surface area contributed by atoms with Crippen LogP contribution in [0.2, 0.25) is 5.02 Å². The van der Waals surface area contributed by atoms with Crippen molar-refractivity contribution in [2.45, 2.75) is 31.5 Å². The summed E-state index contributed by atoms with van der Waals surface area (Å²) < 4.78 is 42.9. The Morgan fingerprint density at radius 2 is 2.04 bits per heavy atom.